The lowest BCUT2D eigenvalue weighted by molar-refractivity contribution is 0.355. The number of ether oxygens (including phenoxy) is 3. The van der Waals surface area contributed by atoms with Crippen LogP contribution in [0, 0.1) is 0 Å². The van der Waals surface area contributed by atoms with Crippen LogP contribution in [0.2, 0.25) is 5.02 Å². The van der Waals surface area contributed by atoms with Crippen molar-refractivity contribution >= 4 is 45.5 Å². The van der Waals surface area contributed by atoms with Crippen LogP contribution in [-0.2, 0) is 0 Å². The highest BCUT2D eigenvalue weighted by atomic mass is 35.5. The van der Waals surface area contributed by atoms with Crippen LogP contribution in [0.15, 0.2) is 61.3 Å². The van der Waals surface area contributed by atoms with E-state index >= 15 is 0 Å². The Morgan fingerprint density at radius 2 is 1.83 bits per heavy atom. The summed E-state index contributed by atoms with van der Waals surface area (Å²) in [5.41, 5.74) is 1.38. The molecule has 0 spiro atoms. The number of pyridine rings is 1. The molecule has 0 saturated carbocycles. The minimum Gasteiger partial charge on any atom is -0.493 e. The van der Waals surface area contributed by atoms with Gasteiger partial charge < -0.3 is 19.5 Å². The van der Waals surface area contributed by atoms with E-state index in [2.05, 4.69) is 15.3 Å². The van der Waals surface area contributed by atoms with Crippen molar-refractivity contribution in [3.05, 3.63) is 66.3 Å². The van der Waals surface area contributed by atoms with Gasteiger partial charge in [0.1, 0.15) is 17.8 Å². The Kier molecular flexibility index (Phi) is 5.69. The third-order valence-corrected chi connectivity index (χ3v) is 4.98. The van der Waals surface area contributed by atoms with E-state index in [9.17, 15) is 0 Å². The summed E-state index contributed by atoms with van der Waals surface area (Å²) in [6, 6.07) is 10.7. The third-order valence-electron chi connectivity index (χ3n) is 4.36. The molecule has 7 nitrogen and oxygen atoms in total. The molecule has 9 heteroatoms. The highest BCUT2D eigenvalue weighted by Gasteiger charge is 2.12. The predicted octanol–water partition coefficient (Wildman–Crippen LogP) is 5.14. The molecule has 0 aliphatic heterocycles. The first kappa shape index (κ1) is 19.9. The minimum atomic E-state index is 0.462. The summed E-state index contributed by atoms with van der Waals surface area (Å²) in [6.07, 6.45) is 6.68. The number of thiocarbonyl (C=S) groups is 1. The Balaban J connectivity index is 1.61. The molecule has 0 saturated heterocycles. The summed E-state index contributed by atoms with van der Waals surface area (Å²) in [5, 5.41) is 4.80. The SMILES string of the molecule is COc1cc2nccc(Oc3ccc(NC(=S)n4ccnc4)c(Cl)c3)c2cc1OC. The smallest absolute Gasteiger partial charge is 0.182 e. The zero-order valence-corrected chi connectivity index (χ0v) is 17.7. The summed E-state index contributed by atoms with van der Waals surface area (Å²) in [5.74, 6) is 2.38. The molecule has 0 amide bonds. The second kappa shape index (κ2) is 8.56. The van der Waals surface area contributed by atoms with Crippen molar-refractivity contribution in [2.45, 2.75) is 0 Å². The molecule has 1 N–H and O–H groups in total. The number of halogens is 1. The lowest BCUT2D eigenvalue weighted by Crippen LogP contribution is -2.17. The number of nitrogens with one attached hydrogen (secondary N) is 1. The van der Waals surface area contributed by atoms with Crippen LogP contribution in [0.1, 0.15) is 0 Å². The molecule has 30 heavy (non-hydrogen) atoms. The number of hydrogen-bond acceptors (Lipinski definition) is 6. The number of aromatic nitrogens is 3. The Bertz CT molecular complexity index is 1210. The van der Waals surface area contributed by atoms with Crippen molar-refractivity contribution in [2.24, 2.45) is 0 Å². The highest BCUT2D eigenvalue weighted by molar-refractivity contribution is 7.80. The Morgan fingerprint density at radius 1 is 1.03 bits per heavy atom. The van der Waals surface area contributed by atoms with Crippen molar-refractivity contribution < 1.29 is 14.2 Å². The van der Waals surface area contributed by atoms with Crippen molar-refractivity contribution in [3.63, 3.8) is 0 Å². The fourth-order valence-electron chi connectivity index (χ4n) is 2.88. The van der Waals surface area contributed by atoms with Crippen LogP contribution >= 0.6 is 23.8 Å². The number of hydrogen-bond donors (Lipinski definition) is 1. The zero-order chi connectivity index (χ0) is 21.1. The van der Waals surface area contributed by atoms with Gasteiger partial charge in [-0.05, 0) is 36.5 Å². The van der Waals surface area contributed by atoms with Gasteiger partial charge in [0.2, 0.25) is 0 Å². The van der Waals surface area contributed by atoms with Gasteiger partial charge in [-0.3, -0.25) is 9.55 Å². The molecule has 2 aromatic carbocycles. The zero-order valence-electron chi connectivity index (χ0n) is 16.1. The van der Waals surface area contributed by atoms with Gasteiger partial charge in [-0.1, -0.05) is 11.6 Å². The maximum absolute atomic E-state index is 6.43. The van der Waals surface area contributed by atoms with Crippen LogP contribution in [-0.4, -0.2) is 33.9 Å². The van der Waals surface area contributed by atoms with Crippen LogP contribution in [0.4, 0.5) is 5.69 Å². The fraction of sp³-hybridized carbons (Fsp3) is 0.0952. The summed E-state index contributed by atoms with van der Waals surface area (Å²) < 4.78 is 18.5. The van der Waals surface area contributed by atoms with Crippen molar-refractivity contribution in [3.8, 4) is 23.0 Å². The van der Waals surface area contributed by atoms with Gasteiger partial charge in [0.05, 0.1) is 30.4 Å². The van der Waals surface area contributed by atoms with E-state index < -0.39 is 0 Å². The average molecular weight is 441 g/mol. The minimum absolute atomic E-state index is 0.462. The molecule has 2 heterocycles. The van der Waals surface area contributed by atoms with Crippen molar-refractivity contribution in [1.82, 2.24) is 14.5 Å². The topological polar surface area (TPSA) is 70.4 Å². The summed E-state index contributed by atoms with van der Waals surface area (Å²) >= 11 is 11.8. The Morgan fingerprint density at radius 3 is 2.53 bits per heavy atom. The van der Waals surface area contributed by atoms with Gasteiger partial charge in [-0.15, -0.1) is 0 Å². The van der Waals surface area contributed by atoms with Crippen LogP contribution in [0.5, 0.6) is 23.0 Å². The Hall–Kier alpha value is -3.36. The fourth-order valence-corrected chi connectivity index (χ4v) is 3.32. The molecule has 152 valence electrons. The van der Waals surface area contributed by atoms with Gasteiger partial charge in [0, 0.05) is 36.1 Å². The molecule has 4 rings (SSSR count). The molecule has 4 aromatic rings. The molecule has 0 aliphatic rings. The largest absolute Gasteiger partial charge is 0.493 e. The van der Waals surface area contributed by atoms with Gasteiger partial charge >= 0.3 is 0 Å². The van der Waals surface area contributed by atoms with Crippen molar-refractivity contribution in [1.29, 1.82) is 0 Å². The number of nitrogens with zero attached hydrogens (tertiary/aromatic N) is 3. The molecular weight excluding hydrogens is 424 g/mol. The third kappa shape index (κ3) is 4.00. The second-order valence-corrected chi connectivity index (χ2v) is 6.97. The van der Waals surface area contributed by atoms with E-state index in [1.165, 1.54) is 0 Å². The standard InChI is InChI=1S/C21H17ClN4O3S/c1-27-19-10-14-17(11-20(19)28-2)24-6-5-18(14)29-13-3-4-16(15(22)9-13)25-21(30)26-8-7-23-12-26/h3-12H,1-2H3,(H,25,30). The summed E-state index contributed by atoms with van der Waals surface area (Å²) in [7, 11) is 3.17. The lowest BCUT2D eigenvalue weighted by Gasteiger charge is -2.14. The highest BCUT2D eigenvalue weighted by Crippen LogP contribution is 2.37. The number of rotatable bonds is 5. The van der Waals surface area contributed by atoms with Crippen LogP contribution < -0.4 is 19.5 Å². The summed E-state index contributed by atoms with van der Waals surface area (Å²) in [6.45, 7) is 0. The van der Waals surface area contributed by atoms with Gasteiger partial charge in [-0.25, -0.2) is 4.98 Å². The van der Waals surface area contributed by atoms with Crippen LogP contribution in [0.3, 0.4) is 0 Å². The molecule has 0 bridgehead atoms. The van der Waals surface area contributed by atoms with E-state index in [0.29, 0.717) is 38.8 Å². The molecular formula is C21H17ClN4O3S. The predicted molar refractivity (Wildman–Crippen MR) is 120 cm³/mol. The lowest BCUT2D eigenvalue weighted by atomic mass is 10.2. The van der Waals surface area contributed by atoms with Gasteiger partial charge in [-0.2, -0.15) is 0 Å². The first-order valence-corrected chi connectivity index (χ1v) is 9.65. The monoisotopic (exact) mass is 440 g/mol. The first-order valence-electron chi connectivity index (χ1n) is 8.86. The van der Waals surface area contributed by atoms with Gasteiger partial charge in [0.15, 0.2) is 16.6 Å². The maximum atomic E-state index is 6.43. The van der Waals surface area contributed by atoms with E-state index in [0.717, 1.165) is 10.9 Å². The molecule has 2 aromatic heterocycles. The van der Waals surface area contributed by atoms with Crippen LogP contribution in [0.25, 0.3) is 10.9 Å². The number of imidazole rings is 1. The number of benzene rings is 2. The molecule has 0 aliphatic carbocycles. The molecule has 0 unspecified atom stereocenters. The first-order chi connectivity index (χ1) is 14.6. The number of methoxy groups -OCH3 is 2. The number of fused-ring (bicyclic) bond motifs is 1. The van der Waals surface area contributed by atoms with Gasteiger partial charge in [0.25, 0.3) is 0 Å². The maximum Gasteiger partial charge on any atom is 0.182 e. The van der Waals surface area contributed by atoms with E-state index in [4.69, 9.17) is 38.0 Å². The van der Waals surface area contributed by atoms with E-state index in [-0.39, 0.29) is 0 Å². The Labute approximate surface area is 183 Å². The average Bonchev–Trinajstić information content (AvgIpc) is 3.30. The van der Waals surface area contributed by atoms with Crippen molar-refractivity contribution in [2.75, 3.05) is 19.5 Å². The quantitative estimate of drug-likeness (QED) is 0.431. The molecule has 0 fully saturated rings. The molecule has 0 atom stereocenters. The normalized spacial score (nSPS) is 10.6. The number of anilines is 1. The summed E-state index contributed by atoms with van der Waals surface area (Å²) in [4.78, 5) is 8.36. The van der Waals surface area contributed by atoms with E-state index in [1.54, 1.807) is 74.0 Å². The molecule has 0 radical (unpaired) electrons. The van der Waals surface area contributed by atoms with E-state index in [1.807, 2.05) is 6.07 Å². The second-order valence-electron chi connectivity index (χ2n) is 6.18.